The number of hydrogen-bond acceptors (Lipinski definition) is 5. The molecule has 1 aromatic carbocycles. The quantitative estimate of drug-likeness (QED) is 0.474. The Kier molecular flexibility index (Phi) is 5.12. The van der Waals surface area contributed by atoms with E-state index in [1.807, 2.05) is 0 Å². The standard InChI is InChI=1S/C15H12F3NO5/c1-2-22-14(20)13-7-6-12(9-19(13)21)23-10-4-3-5-11(8-10)24-15(16,17)18/h3-9H,2H2,1H3. The van der Waals surface area contributed by atoms with Crippen LogP contribution in [0.3, 0.4) is 0 Å². The Morgan fingerprint density at radius 1 is 1.17 bits per heavy atom. The number of nitrogens with zero attached hydrogens (tertiary/aromatic N) is 1. The highest BCUT2D eigenvalue weighted by Crippen LogP contribution is 2.28. The Hall–Kier alpha value is -2.97. The number of carbonyl (C=O) groups is 1. The molecule has 1 aromatic heterocycles. The third-order valence-electron chi connectivity index (χ3n) is 2.65. The molecule has 0 bridgehead atoms. The van der Waals surface area contributed by atoms with Crippen molar-refractivity contribution in [2.75, 3.05) is 6.61 Å². The first kappa shape index (κ1) is 17.4. The number of rotatable bonds is 5. The summed E-state index contributed by atoms with van der Waals surface area (Å²) in [5.74, 6) is -1.19. The molecular formula is C15H12F3NO5. The summed E-state index contributed by atoms with van der Waals surface area (Å²) in [5, 5.41) is 11.8. The van der Waals surface area contributed by atoms with Crippen molar-refractivity contribution in [1.82, 2.24) is 0 Å². The van der Waals surface area contributed by atoms with Gasteiger partial charge in [-0.3, -0.25) is 0 Å². The molecule has 6 nitrogen and oxygen atoms in total. The van der Waals surface area contributed by atoms with Crippen LogP contribution in [-0.2, 0) is 4.74 Å². The summed E-state index contributed by atoms with van der Waals surface area (Å²) in [6.07, 6.45) is -3.86. The molecule has 0 radical (unpaired) electrons. The number of halogens is 3. The van der Waals surface area contributed by atoms with Gasteiger partial charge in [0, 0.05) is 12.1 Å². The maximum absolute atomic E-state index is 12.2. The first-order valence-corrected chi connectivity index (χ1v) is 6.72. The van der Waals surface area contributed by atoms with Gasteiger partial charge in [-0.15, -0.1) is 13.2 Å². The lowest BCUT2D eigenvalue weighted by atomic mass is 10.3. The molecule has 9 heteroatoms. The molecular weight excluding hydrogens is 331 g/mol. The molecule has 0 aliphatic carbocycles. The Bertz CT molecular complexity index is 733. The molecule has 0 amide bonds. The van der Waals surface area contributed by atoms with Crippen molar-refractivity contribution >= 4 is 5.97 Å². The van der Waals surface area contributed by atoms with Gasteiger partial charge >= 0.3 is 18.0 Å². The number of aromatic nitrogens is 1. The average molecular weight is 343 g/mol. The fourth-order valence-electron chi connectivity index (χ4n) is 1.76. The first-order chi connectivity index (χ1) is 11.3. The van der Waals surface area contributed by atoms with Gasteiger partial charge in [-0.25, -0.2) is 4.79 Å². The minimum Gasteiger partial charge on any atom is -0.618 e. The van der Waals surface area contributed by atoms with Crippen LogP contribution in [0.25, 0.3) is 0 Å². The molecule has 0 fully saturated rings. The van der Waals surface area contributed by atoms with Gasteiger partial charge in [-0.1, -0.05) is 6.07 Å². The summed E-state index contributed by atoms with van der Waals surface area (Å²) in [6.45, 7) is 1.71. The van der Waals surface area contributed by atoms with E-state index in [-0.39, 0.29) is 28.5 Å². The summed E-state index contributed by atoms with van der Waals surface area (Å²) in [5.41, 5.74) is -0.238. The van der Waals surface area contributed by atoms with Gasteiger partial charge in [0.2, 0.25) is 6.20 Å². The van der Waals surface area contributed by atoms with Crippen LogP contribution in [0, 0.1) is 5.21 Å². The zero-order chi connectivity index (χ0) is 17.7. The predicted octanol–water partition coefficient (Wildman–Crippen LogP) is 3.19. The van der Waals surface area contributed by atoms with Crippen LogP contribution in [0.2, 0.25) is 0 Å². The van der Waals surface area contributed by atoms with Crippen molar-refractivity contribution in [3.05, 3.63) is 53.5 Å². The molecule has 0 unspecified atom stereocenters. The molecule has 2 aromatic rings. The van der Waals surface area contributed by atoms with Crippen LogP contribution in [0.15, 0.2) is 42.6 Å². The van der Waals surface area contributed by atoms with Crippen LogP contribution in [0.5, 0.6) is 17.2 Å². The zero-order valence-corrected chi connectivity index (χ0v) is 12.4. The molecule has 0 N–H and O–H groups in total. The largest absolute Gasteiger partial charge is 0.618 e. The summed E-state index contributed by atoms with van der Waals surface area (Å²) in [7, 11) is 0. The van der Waals surface area contributed by atoms with Crippen molar-refractivity contribution in [1.29, 1.82) is 0 Å². The number of esters is 1. The molecule has 128 valence electrons. The molecule has 0 saturated heterocycles. The highest BCUT2D eigenvalue weighted by Gasteiger charge is 2.31. The van der Waals surface area contributed by atoms with Crippen molar-refractivity contribution in [2.24, 2.45) is 0 Å². The highest BCUT2D eigenvalue weighted by molar-refractivity contribution is 5.85. The average Bonchev–Trinajstić information content (AvgIpc) is 2.46. The molecule has 0 spiro atoms. The molecule has 0 saturated carbocycles. The SMILES string of the molecule is CCOC(=O)c1ccc(Oc2cccc(OC(F)(F)F)c2)c[n+]1[O-]. The highest BCUT2D eigenvalue weighted by atomic mass is 19.4. The second-order valence-corrected chi connectivity index (χ2v) is 4.42. The Labute approximate surface area is 134 Å². The van der Waals surface area contributed by atoms with E-state index in [0.717, 1.165) is 18.3 Å². The minimum absolute atomic E-state index is 0.0284. The number of ether oxygens (including phenoxy) is 3. The molecule has 0 aliphatic heterocycles. The van der Waals surface area contributed by atoms with E-state index in [9.17, 15) is 23.2 Å². The van der Waals surface area contributed by atoms with Crippen LogP contribution < -0.4 is 14.2 Å². The molecule has 0 aliphatic rings. The van der Waals surface area contributed by atoms with Crippen molar-refractivity contribution in [3.63, 3.8) is 0 Å². The van der Waals surface area contributed by atoms with Crippen LogP contribution in [0.4, 0.5) is 13.2 Å². The first-order valence-electron chi connectivity index (χ1n) is 6.72. The lowest BCUT2D eigenvalue weighted by molar-refractivity contribution is -0.608. The topological polar surface area (TPSA) is 71.7 Å². The van der Waals surface area contributed by atoms with E-state index in [0.29, 0.717) is 0 Å². The summed E-state index contributed by atoms with van der Waals surface area (Å²) in [6, 6.07) is 7.32. The lowest BCUT2D eigenvalue weighted by Crippen LogP contribution is -2.34. The van der Waals surface area contributed by atoms with Crippen LogP contribution in [-0.4, -0.2) is 18.9 Å². The van der Waals surface area contributed by atoms with E-state index in [2.05, 4.69) is 4.74 Å². The monoisotopic (exact) mass is 343 g/mol. The normalized spacial score (nSPS) is 11.0. The van der Waals surface area contributed by atoms with Crippen LogP contribution in [0.1, 0.15) is 17.4 Å². The number of hydrogen-bond donors (Lipinski definition) is 0. The van der Waals surface area contributed by atoms with Gasteiger partial charge in [0.05, 0.1) is 6.61 Å². The van der Waals surface area contributed by atoms with E-state index in [1.54, 1.807) is 6.92 Å². The maximum atomic E-state index is 12.2. The van der Waals surface area contributed by atoms with Gasteiger partial charge in [-0.05, 0) is 25.1 Å². The second-order valence-electron chi connectivity index (χ2n) is 4.42. The van der Waals surface area contributed by atoms with E-state index < -0.39 is 18.1 Å². The van der Waals surface area contributed by atoms with Crippen molar-refractivity contribution < 1.29 is 36.9 Å². The van der Waals surface area contributed by atoms with Gasteiger partial charge in [-0.2, -0.15) is 4.73 Å². The van der Waals surface area contributed by atoms with E-state index in [4.69, 9.17) is 9.47 Å². The van der Waals surface area contributed by atoms with Gasteiger partial charge in [0.15, 0.2) is 5.75 Å². The minimum atomic E-state index is -4.82. The van der Waals surface area contributed by atoms with E-state index >= 15 is 0 Å². The van der Waals surface area contributed by atoms with Crippen molar-refractivity contribution in [2.45, 2.75) is 13.3 Å². The Morgan fingerprint density at radius 2 is 1.88 bits per heavy atom. The van der Waals surface area contributed by atoms with Gasteiger partial charge in [0.25, 0.3) is 0 Å². The van der Waals surface area contributed by atoms with Gasteiger partial charge in [0.1, 0.15) is 11.5 Å². The number of pyridine rings is 1. The molecule has 2 rings (SSSR count). The number of carbonyl (C=O) groups excluding carboxylic acids is 1. The number of alkyl halides is 3. The summed E-state index contributed by atoms with van der Waals surface area (Å²) in [4.78, 5) is 11.5. The second kappa shape index (κ2) is 7.07. The smallest absolute Gasteiger partial charge is 0.573 e. The summed E-state index contributed by atoms with van der Waals surface area (Å²) < 4.78 is 50.6. The third-order valence-corrected chi connectivity index (χ3v) is 2.65. The predicted molar refractivity (Wildman–Crippen MR) is 74.6 cm³/mol. The van der Waals surface area contributed by atoms with E-state index in [1.165, 1.54) is 24.3 Å². The molecule has 24 heavy (non-hydrogen) atoms. The number of benzene rings is 1. The fraction of sp³-hybridized carbons (Fsp3) is 0.200. The van der Waals surface area contributed by atoms with Crippen molar-refractivity contribution in [3.8, 4) is 17.2 Å². The molecule has 0 atom stereocenters. The summed E-state index contributed by atoms with van der Waals surface area (Å²) >= 11 is 0. The van der Waals surface area contributed by atoms with Crippen LogP contribution >= 0.6 is 0 Å². The third kappa shape index (κ3) is 4.77. The molecule has 1 heterocycles. The zero-order valence-electron chi connectivity index (χ0n) is 12.4. The lowest BCUT2D eigenvalue weighted by Gasteiger charge is -2.11. The van der Waals surface area contributed by atoms with Gasteiger partial charge < -0.3 is 19.4 Å². The maximum Gasteiger partial charge on any atom is 0.573 e. The Morgan fingerprint density at radius 3 is 2.50 bits per heavy atom. The fourth-order valence-corrected chi connectivity index (χ4v) is 1.76. The Balaban J connectivity index is 2.15.